The number of hydrogen-bond donors (Lipinski definition) is 1. The van der Waals surface area contributed by atoms with Crippen molar-refractivity contribution in [3.63, 3.8) is 0 Å². The molecule has 21 heavy (non-hydrogen) atoms. The van der Waals surface area contributed by atoms with E-state index in [-0.39, 0.29) is 11.5 Å². The van der Waals surface area contributed by atoms with E-state index in [2.05, 4.69) is 5.43 Å². The number of anilines is 1. The second-order valence-corrected chi connectivity index (χ2v) is 4.37. The van der Waals surface area contributed by atoms with Gasteiger partial charge in [0, 0.05) is 0 Å². The third-order valence-corrected chi connectivity index (χ3v) is 2.97. The fraction of sp³-hybridized carbons (Fsp3) is 0. The van der Waals surface area contributed by atoms with E-state index in [0.717, 1.165) is 0 Å². The lowest BCUT2D eigenvalue weighted by Crippen LogP contribution is -2.35. The quantitative estimate of drug-likeness (QED) is 0.693. The summed E-state index contributed by atoms with van der Waals surface area (Å²) in [4.78, 5) is 24.1. The third kappa shape index (κ3) is 2.62. The predicted molar refractivity (Wildman–Crippen MR) is 77.9 cm³/mol. The van der Waals surface area contributed by atoms with Crippen molar-refractivity contribution >= 4 is 23.6 Å². The van der Waals surface area contributed by atoms with Crippen LogP contribution < -0.4 is 10.4 Å². The van der Waals surface area contributed by atoms with Crippen LogP contribution in [-0.4, -0.2) is 11.8 Å². The highest BCUT2D eigenvalue weighted by Gasteiger charge is 2.33. The van der Waals surface area contributed by atoms with Crippen LogP contribution in [0.2, 0.25) is 0 Å². The van der Waals surface area contributed by atoms with Crippen molar-refractivity contribution in [3.8, 4) is 0 Å². The molecule has 5 nitrogen and oxygen atoms in total. The predicted octanol–water partition coefficient (Wildman–Crippen LogP) is 2.30. The highest BCUT2D eigenvalue weighted by Crippen LogP contribution is 2.19. The molecule has 104 valence electrons. The molecule has 1 aliphatic rings. The van der Waals surface area contributed by atoms with E-state index in [1.165, 1.54) is 11.1 Å². The average Bonchev–Trinajstić information content (AvgIpc) is 3.11. The zero-order valence-corrected chi connectivity index (χ0v) is 11.0. The minimum atomic E-state index is -0.423. The van der Waals surface area contributed by atoms with Crippen LogP contribution >= 0.6 is 0 Å². The summed E-state index contributed by atoms with van der Waals surface area (Å²) in [6.45, 7) is 0. The molecule has 0 unspecified atom stereocenters. The molecule has 5 heteroatoms. The Morgan fingerprint density at radius 3 is 2.57 bits per heavy atom. The van der Waals surface area contributed by atoms with Crippen LogP contribution in [0.15, 0.2) is 70.9 Å². The van der Waals surface area contributed by atoms with Gasteiger partial charge in [-0.3, -0.25) is 15.0 Å². The van der Waals surface area contributed by atoms with E-state index in [1.54, 1.807) is 54.8 Å². The van der Waals surface area contributed by atoms with Gasteiger partial charge in [0.2, 0.25) is 0 Å². The van der Waals surface area contributed by atoms with Gasteiger partial charge in [-0.05, 0) is 36.4 Å². The summed E-state index contributed by atoms with van der Waals surface area (Å²) < 4.78 is 5.13. The van der Waals surface area contributed by atoms with Gasteiger partial charge >= 0.3 is 0 Å². The summed E-state index contributed by atoms with van der Waals surface area (Å²) >= 11 is 0. The van der Waals surface area contributed by atoms with Gasteiger partial charge in [-0.2, -0.15) is 0 Å². The summed E-state index contributed by atoms with van der Waals surface area (Å²) in [5.74, 6) is -0.152. The van der Waals surface area contributed by atoms with Crippen molar-refractivity contribution in [2.24, 2.45) is 0 Å². The average molecular weight is 280 g/mol. The van der Waals surface area contributed by atoms with E-state index in [9.17, 15) is 9.59 Å². The van der Waals surface area contributed by atoms with Gasteiger partial charge in [-0.25, -0.2) is 5.01 Å². The SMILES string of the molecule is O=C1NN(c2ccccc2)C(=O)/C1=C\C=C\c1ccco1. The standard InChI is InChI=1S/C16H12N2O3/c19-15-14(10-4-8-13-9-5-11-21-13)16(20)18(17-15)12-6-2-1-3-7-12/h1-11H,(H,17,19)/b8-4+,14-10-. The zero-order valence-electron chi connectivity index (χ0n) is 11.0. The maximum absolute atomic E-state index is 12.2. The zero-order chi connectivity index (χ0) is 14.7. The van der Waals surface area contributed by atoms with Gasteiger partial charge in [0.1, 0.15) is 11.3 Å². The Hall–Kier alpha value is -3.08. The number of para-hydroxylation sites is 1. The molecule has 0 spiro atoms. The summed E-state index contributed by atoms with van der Waals surface area (Å²) in [7, 11) is 0. The smallest absolute Gasteiger partial charge is 0.282 e. The van der Waals surface area contributed by atoms with Gasteiger partial charge in [0.15, 0.2) is 0 Å². The van der Waals surface area contributed by atoms with Gasteiger partial charge in [-0.15, -0.1) is 0 Å². The van der Waals surface area contributed by atoms with E-state index in [4.69, 9.17) is 4.42 Å². The third-order valence-electron chi connectivity index (χ3n) is 2.97. The van der Waals surface area contributed by atoms with Crippen molar-refractivity contribution in [2.75, 3.05) is 5.01 Å². The van der Waals surface area contributed by atoms with Crippen molar-refractivity contribution in [2.45, 2.75) is 0 Å². The van der Waals surface area contributed by atoms with Crippen LogP contribution in [-0.2, 0) is 9.59 Å². The fourth-order valence-corrected chi connectivity index (χ4v) is 1.96. The lowest BCUT2D eigenvalue weighted by atomic mass is 10.2. The van der Waals surface area contributed by atoms with E-state index in [0.29, 0.717) is 11.4 Å². The van der Waals surface area contributed by atoms with E-state index >= 15 is 0 Å². The fourth-order valence-electron chi connectivity index (χ4n) is 1.96. The lowest BCUT2D eigenvalue weighted by Gasteiger charge is -2.13. The molecule has 0 bridgehead atoms. The van der Waals surface area contributed by atoms with Crippen LogP contribution in [0, 0.1) is 0 Å². The number of allylic oxidation sites excluding steroid dienone is 2. The first kappa shape index (κ1) is 12.9. The minimum absolute atomic E-state index is 0.0849. The van der Waals surface area contributed by atoms with Crippen LogP contribution in [0.3, 0.4) is 0 Å². The van der Waals surface area contributed by atoms with Crippen molar-refractivity contribution < 1.29 is 14.0 Å². The Kier molecular flexibility index (Phi) is 3.39. The number of carbonyl (C=O) groups excluding carboxylic acids is 2. The molecule has 1 aromatic heterocycles. The number of hydrogen-bond acceptors (Lipinski definition) is 3. The summed E-state index contributed by atoms with van der Waals surface area (Å²) in [5.41, 5.74) is 3.24. The van der Waals surface area contributed by atoms with Crippen molar-refractivity contribution in [1.29, 1.82) is 0 Å². The summed E-state index contributed by atoms with van der Waals surface area (Å²) in [5, 5.41) is 1.23. The first-order valence-electron chi connectivity index (χ1n) is 6.38. The van der Waals surface area contributed by atoms with Crippen LogP contribution in [0.4, 0.5) is 5.69 Å². The van der Waals surface area contributed by atoms with Crippen LogP contribution in [0.5, 0.6) is 0 Å². The normalized spacial score (nSPS) is 17.0. The van der Waals surface area contributed by atoms with E-state index in [1.807, 2.05) is 6.07 Å². The van der Waals surface area contributed by atoms with Crippen molar-refractivity contribution in [1.82, 2.24) is 5.43 Å². The Balaban J connectivity index is 1.81. The molecule has 1 aliphatic heterocycles. The first-order chi connectivity index (χ1) is 10.3. The Morgan fingerprint density at radius 2 is 1.86 bits per heavy atom. The van der Waals surface area contributed by atoms with Gasteiger partial charge in [-0.1, -0.05) is 24.3 Å². The number of carbonyl (C=O) groups is 2. The number of hydrazine groups is 1. The minimum Gasteiger partial charge on any atom is -0.465 e. The molecular formula is C16H12N2O3. The molecule has 0 aliphatic carbocycles. The molecule has 2 aromatic rings. The maximum Gasteiger partial charge on any atom is 0.282 e. The van der Waals surface area contributed by atoms with Gasteiger partial charge in [0.05, 0.1) is 12.0 Å². The maximum atomic E-state index is 12.2. The number of rotatable bonds is 3. The number of nitrogens with zero attached hydrogens (tertiary/aromatic N) is 1. The molecule has 1 saturated heterocycles. The summed E-state index contributed by atoms with van der Waals surface area (Å²) in [6, 6.07) is 12.5. The Morgan fingerprint density at radius 1 is 1.05 bits per heavy atom. The number of benzene rings is 1. The molecule has 1 fully saturated rings. The molecule has 0 atom stereocenters. The topological polar surface area (TPSA) is 62.6 Å². The molecule has 0 radical (unpaired) electrons. The molecule has 1 aromatic carbocycles. The van der Waals surface area contributed by atoms with Crippen molar-refractivity contribution in [3.05, 3.63) is 72.2 Å². The lowest BCUT2D eigenvalue weighted by molar-refractivity contribution is -0.117. The highest BCUT2D eigenvalue weighted by molar-refractivity contribution is 6.29. The molecular weight excluding hydrogens is 268 g/mol. The van der Waals surface area contributed by atoms with Gasteiger partial charge in [0.25, 0.3) is 11.8 Å². The Bertz CT molecular complexity index is 715. The second-order valence-electron chi connectivity index (χ2n) is 4.37. The second kappa shape index (κ2) is 5.50. The summed E-state index contributed by atoms with van der Waals surface area (Å²) in [6.07, 6.45) is 6.32. The highest BCUT2D eigenvalue weighted by atomic mass is 16.3. The van der Waals surface area contributed by atoms with E-state index < -0.39 is 5.91 Å². The molecule has 2 heterocycles. The number of amides is 2. The molecule has 2 amide bonds. The number of furan rings is 1. The Labute approximate surface area is 121 Å². The van der Waals surface area contributed by atoms with Crippen LogP contribution in [0.1, 0.15) is 5.76 Å². The molecule has 1 N–H and O–H groups in total. The first-order valence-corrected chi connectivity index (χ1v) is 6.38. The molecule has 0 saturated carbocycles. The largest absolute Gasteiger partial charge is 0.465 e. The number of nitrogens with one attached hydrogen (secondary N) is 1. The molecule has 3 rings (SSSR count). The van der Waals surface area contributed by atoms with Gasteiger partial charge < -0.3 is 4.42 Å². The monoisotopic (exact) mass is 280 g/mol. The van der Waals surface area contributed by atoms with Crippen LogP contribution in [0.25, 0.3) is 6.08 Å².